The van der Waals surface area contributed by atoms with Crippen LogP contribution in [-0.4, -0.2) is 44.5 Å². The first-order chi connectivity index (χ1) is 13.3. The zero-order valence-electron chi connectivity index (χ0n) is 14.7. The normalized spacial score (nSPS) is 14.8. The third kappa shape index (κ3) is 3.47. The summed E-state index contributed by atoms with van der Waals surface area (Å²) in [6, 6.07) is 5.86. The highest BCUT2D eigenvalue weighted by Crippen LogP contribution is 2.35. The number of halogens is 3. The summed E-state index contributed by atoms with van der Waals surface area (Å²) in [6.07, 6.45) is -0.152. The maximum Gasteiger partial charge on any atom is 0.421 e. The zero-order chi connectivity index (χ0) is 19.9. The molecule has 1 aliphatic rings. The Kier molecular flexibility index (Phi) is 4.58. The Balaban J connectivity index is 1.42. The van der Waals surface area contributed by atoms with E-state index in [0.717, 1.165) is 6.07 Å². The van der Waals surface area contributed by atoms with E-state index in [1.165, 1.54) is 28.5 Å². The van der Waals surface area contributed by atoms with E-state index in [2.05, 4.69) is 9.97 Å². The third-order valence-corrected chi connectivity index (χ3v) is 5.45. The van der Waals surface area contributed by atoms with Crippen LogP contribution in [0.5, 0.6) is 5.88 Å². The molecule has 0 unspecified atom stereocenters. The molecule has 0 atom stereocenters. The lowest BCUT2D eigenvalue weighted by molar-refractivity contribution is -0.140. The van der Waals surface area contributed by atoms with E-state index >= 15 is 0 Å². The van der Waals surface area contributed by atoms with Gasteiger partial charge in [-0.15, -0.1) is 0 Å². The second-order valence-electron chi connectivity index (χ2n) is 6.31. The molecule has 1 aliphatic heterocycles. The highest BCUT2D eigenvalue weighted by atomic mass is 32.1. The summed E-state index contributed by atoms with van der Waals surface area (Å²) < 4.78 is 46.2. The number of nitrogens with zero attached hydrogens (tertiary/aromatic N) is 4. The van der Waals surface area contributed by atoms with Crippen molar-refractivity contribution in [2.24, 2.45) is 0 Å². The van der Waals surface area contributed by atoms with Crippen molar-refractivity contribution < 1.29 is 22.7 Å². The molecule has 146 valence electrons. The number of hydrogen-bond donors (Lipinski definition) is 0. The van der Waals surface area contributed by atoms with Crippen molar-refractivity contribution in [3.05, 3.63) is 59.0 Å². The average Bonchev–Trinajstić information content (AvgIpc) is 3.26. The molecule has 3 aromatic rings. The third-order valence-electron chi connectivity index (χ3n) is 4.29. The number of thiazole rings is 1. The summed E-state index contributed by atoms with van der Waals surface area (Å²) in [5.41, 5.74) is -0.304. The topological polar surface area (TPSA) is 60.2 Å². The van der Waals surface area contributed by atoms with Gasteiger partial charge in [-0.3, -0.25) is 4.79 Å². The number of aryl methyl sites for hydroxylation is 1. The number of aromatic nitrogens is 3. The van der Waals surface area contributed by atoms with Crippen LogP contribution in [0.15, 0.2) is 42.9 Å². The molecule has 10 heteroatoms. The van der Waals surface area contributed by atoms with Crippen molar-refractivity contribution in [1.82, 2.24) is 19.4 Å². The summed E-state index contributed by atoms with van der Waals surface area (Å²) in [5.74, 6) is -0.665. The van der Waals surface area contributed by atoms with E-state index in [1.54, 1.807) is 6.92 Å². The molecule has 4 rings (SSSR count). The van der Waals surface area contributed by atoms with E-state index in [0.29, 0.717) is 15.7 Å². The Morgan fingerprint density at radius 1 is 1.25 bits per heavy atom. The van der Waals surface area contributed by atoms with Crippen molar-refractivity contribution in [3.8, 4) is 11.0 Å². The van der Waals surface area contributed by atoms with Crippen LogP contribution < -0.4 is 4.74 Å². The highest BCUT2D eigenvalue weighted by Gasteiger charge is 2.39. The van der Waals surface area contributed by atoms with Gasteiger partial charge < -0.3 is 14.2 Å². The molecule has 0 aliphatic carbocycles. The van der Waals surface area contributed by atoms with Crippen LogP contribution in [-0.2, 0) is 6.18 Å². The smallest absolute Gasteiger partial charge is 0.421 e. The van der Waals surface area contributed by atoms with Crippen molar-refractivity contribution in [2.75, 3.05) is 13.1 Å². The van der Waals surface area contributed by atoms with Gasteiger partial charge in [-0.1, -0.05) is 11.3 Å². The lowest BCUT2D eigenvalue weighted by Crippen LogP contribution is -2.56. The molecule has 0 spiro atoms. The van der Waals surface area contributed by atoms with E-state index < -0.39 is 23.7 Å². The van der Waals surface area contributed by atoms with Gasteiger partial charge in [0.2, 0.25) is 5.88 Å². The molecule has 3 aromatic heterocycles. The molecule has 0 aromatic carbocycles. The number of ether oxygens (including phenoxy) is 1. The number of rotatable bonds is 4. The van der Waals surface area contributed by atoms with Crippen molar-refractivity contribution >= 4 is 17.2 Å². The molecule has 6 nitrogen and oxygen atoms in total. The summed E-state index contributed by atoms with van der Waals surface area (Å²) in [4.78, 5) is 22.8. The lowest BCUT2D eigenvalue weighted by Gasteiger charge is -2.38. The maximum atomic E-state index is 13.0. The van der Waals surface area contributed by atoms with Gasteiger partial charge in [-0.25, -0.2) is 9.97 Å². The van der Waals surface area contributed by atoms with Crippen LogP contribution in [0.1, 0.15) is 20.9 Å². The largest absolute Gasteiger partial charge is 0.470 e. The Morgan fingerprint density at radius 3 is 2.64 bits per heavy atom. The highest BCUT2D eigenvalue weighted by molar-refractivity contribution is 7.16. The zero-order valence-corrected chi connectivity index (χ0v) is 15.5. The molecule has 0 bridgehead atoms. The van der Waals surface area contributed by atoms with E-state index in [1.807, 2.05) is 29.1 Å². The standard InChI is InChI=1S/C18H15F3N4O2S/c1-11-14(28-17(23-11)24-7-2-3-8-24)16(26)25-9-12(10-25)27-15-13(18(19,20)21)5-4-6-22-15/h2-8,12H,9-10H2,1H3. The van der Waals surface area contributed by atoms with Crippen LogP contribution in [0, 0.1) is 6.92 Å². The molecular weight excluding hydrogens is 393 g/mol. The molecule has 0 N–H and O–H groups in total. The van der Waals surface area contributed by atoms with E-state index in [9.17, 15) is 18.0 Å². The number of likely N-dealkylation sites (tertiary alicyclic amines) is 1. The number of carbonyl (C=O) groups is 1. The minimum absolute atomic E-state index is 0.197. The SMILES string of the molecule is Cc1nc(-n2cccc2)sc1C(=O)N1CC(Oc2ncccc2C(F)(F)F)C1. The average molecular weight is 408 g/mol. The van der Waals surface area contributed by atoms with Crippen molar-refractivity contribution in [1.29, 1.82) is 0 Å². The second kappa shape index (κ2) is 6.93. The number of amides is 1. The maximum absolute atomic E-state index is 13.0. The van der Waals surface area contributed by atoms with Crippen LogP contribution in [0.3, 0.4) is 0 Å². The molecule has 0 radical (unpaired) electrons. The molecule has 1 amide bonds. The van der Waals surface area contributed by atoms with Gasteiger partial charge in [0, 0.05) is 18.6 Å². The summed E-state index contributed by atoms with van der Waals surface area (Å²) in [7, 11) is 0. The summed E-state index contributed by atoms with van der Waals surface area (Å²) in [6.45, 7) is 2.15. The fourth-order valence-corrected chi connectivity index (χ4v) is 3.84. The van der Waals surface area contributed by atoms with Gasteiger partial charge in [0.15, 0.2) is 5.13 Å². The number of hydrogen-bond acceptors (Lipinski definition) is 5. The van der Waals surface area contributed by atoms with Gasteiger partial charge in [0.25, 0.3) is 5.91 Å². The molecule has 4 heterocycles. The van der Waals surface area contributed by atoms with Crippen LogP contribution >= 0.6 is 11.3 Å². The number of carbonyl (C=O) groups excluding carboxylic acids is 1. The first-order valence-corrected chi connectivity index (χ1v) is 9.23. The Hall–Kier alpha value is -2.88. The first-order valence-electron chi connectivity index (χ1n) is 8.42. The van der Waals surface area contributed by atoms with Gasteiger partial charge in [-0.2, -0.15) is 13.2 Å². The minimum atomic E-state index is -4.54. The van der Waals surface area contributed by atoms with Crippen LogP contribution in [0.25, 0.3) is 5.13 Å². The Morgan fingerprint density at radius 2 is 1.96 bits per heavy atom. The van der Waals surface area contributed by atoms with Gasteiger partial charge in [0.1, 0.15) is 16.5 Å². The van der Waals surface area contributed by atoms with E-state index in [4.69, 9.17) is 4.74 Å². The lowest BCUT2D eigenvalue weighted by atomic mass is 10.1. The van der Waals surface area contributed by atoms with Gasteiger partial charge in [0.05, 0.1) is 18.8 Å². The van der Waals surface area contributed by atoms with Crippen LogP contribution in [0.2, 0.25) is 0 Å². The number of pyridine rings is 1. The monoisotopic (exact) mass is 408 g/mol. The fraction of sp³-hybridized carbons (Fsp3) is 0.278. The summed E-state index contributed by atoms with van der Waals surface area (Å²) in [5, 5.41) is 0.683. The van der Waals surface area contributed by atoms with Gasteiger partial charge >= 0.3 is 6.18 Å². The fourth-order valence-electron chi connectivity index (χ4n) is 2.83. The predicted octanol–water partition coefficient (Wildman–Crippen LogP) is 3.56. The van der Waals surface area contributed by atoms with Crippen LogP contribution in [0.4, 0.5) is 13.2 Å². The molecular formula is C18H15F3N4O2S. The second-order valence-corrected chi connectivity index (χ2v) is 7.28. The van der Waals surface area contributed by atoms with E-state index in [-0.39, 0.29) is 19.0 Å². The minimum Gasteiger partial charge on any atom is -0.470 e. The summed E-state index contributed by atoms with van der Waals surface area (Å²) >= 11 is 1.27. The number of alkyl halides is 3. The molecule has 0 saturated carbocycles. The van der Waals surface area contributed by atoms with Crippen molar-refractivity contribution in [2.45, 2.75) is 19.2 Å². The Labute approximate surface area is 162 Å². The quantitative estimate of drug-likeness (QED) is 0.662. The van der Waals surface area contributed by atoms with Crippen molar-refractivity contribution in [3.63, 3.8) is 0 Å². The molecule has 1 fully saturated rings. The first kappa shape index (κ1) is 18.5. The van der Waals surface area contributed by atoms with Gasteiger partial charge in [-0.05, 0) is 31.2 Å². The predicted molar refractivity (Wildman–Crippen MR) is 95.7 cm³/mol. The molecule has 1 saturated heterocycles. The Bertz CT molecular complexity index is 995. The molecule has 28 heavy (non-hydrogen) atoms.